The number of hydrogen-bond donors (Lipinski definition) is 3. The molecule has 2 amide bonds. The SMILES string of the molecule is Cc1c(Cl)cccc1NC(=O)NCCNc1cc(-n2ccnc2C)ncn1. The highest BCUT2D eigenvalue weighted by Gasteiger charge is 2.07. The maximum atomic E-state index is 12.0. The summed E-state index contributed by atoms with van der Waals surface area (Å²) in [4.78, 5) is 24.6. The van der Waals surface area contributed by atoms with E-state index in [1.54, 1.807) is 24.4 Å². The third kappa shape index (κ3) is 4.73. The van der Waals surface area contributed by atoms with Crippen molar-refractivity contribution in [3.05, 3.63) is 59.4 Å². The van der Waals surface area contributed by atoms with Crippen LogP contribution in [0.2, 0.25) is 5.02 Å². The van der Waals surface area contributed by atoms with E-state index in [4.69, 9.17) is 11.6 Å². The molecule has 8 nitrogen and oxygen atoms in total. The number of aryl methyl sites for hydroxylation is 1. The average molecular weight is 386 g/mol. The van der Waals surface area contributed by atoms with Gasteiger partial charge < -0.3 is 16.0 Å². The van der Waals surface area contributed by atoms with Gasteiger partial charge in [-0.3, -0.25) is 4.57 Å². The quantitative estimate of drug-likeness (QED) is 0.566. The summed E-state index contributed by atoms with van der Waals surface area (Å²) in [7, 11) is 0. The first-order valence-corrected chi connectivity index (χ1v) is 8.78. The lowest BCUT2D eigenvalue weighted by Crippen LogP contribution is -2.33. The Labute approximate surface area is 162 Å². The van der Waals surface area contributed by atoms with Gasteiger partial charge in [0.1, 0.15) is 23.8 Å². The normalized spacial score (nSPS) is 10.5. The summed E-state index contributed by atoms with van der Waals surface area (Å²) < 4.78 is 1.87. The number of anilines is 2. The second kappa shape index (κ2) is 8.50. The number of nitrogens with one attached hydrogen (secondary N) is 3. The minimum absolute atomic E-state index is 0.292. The van der Waals surface area contributed by atoms with Crippen molar-refractivity contribution in [3.63, 3.8) is 0 Å². The Morgan fingerprint density at radius 2 is 2.04 bits per heavy atom. The van der Waals surface area contributed by atoms with Crippen LogP contribution in [0.3, 0.4) is 0 Å². The standard InChI is InChI=1S/C18H20ClN7O/c1-12-14(19)4-3-5-15(12)25-18(27)22-7-6-21-16-10-17(24-11-23-16)26-9-8-20-13(26)2/h3-5,8-11H,6-7H2,1-2H3,(H,21,23,24)(H2,22,25,27). The lowest BCUT2D eigenvalue weighted by molar-refractivity contribution is 0.252. The fraction of sp³-hybridized carbons (Fsp3) is 0.222. The molecule has 0 saturated heterocycles. The zero-order valence-electron chi connectivity index (χ0n) is 15.0. The van der Waals surface area contributed by atoms with Crippen molar-refractivity contribution < 1.29 is 4.79 Å². The van der Waals surface area contributed by atoms with E-state index < -0.39 is 0 Å². The number of halogens is 1. The first kappa shape index (κ1) is 18.7. The predicted octanol–water partition coefficient (Wildman–Crippen LogP) is 3.17. The van der Waals surface area contributed by atoms with E-state index in [1.807, 2.05) is 30.7 Å². The molecular formula is C18H20ClN7O. The third-order valence-electron chi connectivity index (χ3n) is 3.96. The van der Waals surface area contributed by atoms with Crippen molar-refractivity contribution in [1.82, 2.24) is 24.8 Å². The van der Waals surface area contributed by atoms with E-state index in [9.17, 15) is 4.79 Å². The Morgan fingerprint density at radius 1 is 1.19 bits per heavy atom. The molecule has 0 unspecified atom stereocenters. The highest BCUT2D eigenvalue weighted by atomic mass is 35.5. The van der Waals surface area contributed by atoms with Gasteiger partial charge in [-0.15, -0.1) is 0 Å². The maximum absolute atomic E-state index is 12.0. The summed E-state index contributed by atoms with van der Waals surface area (Å²) in [5, 5.41) is 9.34. The lowest BCUT2D eigenvalue weighted by atomic mass is 10.2. The fourth-order valence-corrected chi connectivity index (χ4v) is 2.65. The number of nitrogens with zero attached hydrogens (tertiary/aromatic N) is 4. The van der Waals surface area contributed by atoms with Crippen molar-refractivity contribution in [2.45, 2.75) is 13.8 Å². The maximum Gasteiger partial charge on any atom is 0.319 e. The van der Waals surface area contributed by atoms with Gasteiger partial charge >= 0.3 is 6.03 Å². The molecule has 9 heteroatoms. The van der Waals surface area contributed by atoms with E-state index in [2.05, 4.69) is 30.9 Å². The van der Waals surface area contributed by atoms with Crippen LogP contribution in [0.15, 0.2) is 43.0 Å². The van der Waals surface area contributed by atoms with E-state index in [1.165, 1.54) is 6.33 Å². The largest absolute Gasteiger partial charge is 0.368 e. The van der Waals surface area contributed by atoms with Crippen LogP contribution in [0.5, 0.6) is 0 Å². The topological polar surface area (TPSA) is 96.8 Å². The Balaban J connectivity index is 1.48. The third-order valence-corrected chi connectivity index (χ3v) is 4.37. The first-order valence-electron chi connectivity index (χ1n) is 8.41. The Kier molecular flexibility index (Phi) is 5.87. The molecule has 2 heterocycles. The van der Waals surface area contributed by atoms with E-state index >= 15 is 0 Å². The minimum Gasteiger partial charge on any atom is -0.368 e. The van der Waals surface area contributed by atoms with Crippen LogP contribution >= 0.6 is 11.6 Å². The molecule has 0 bridgehead atoms. The highest BCUT2D eigenvalue weighted by molar-refractivity contribution is 6.31. The Hall–Kier alpha value is -3.13. The minimum atomic E-state index is -0.292. The van der Waals surface area contributed by atoms with Gasteiger partial charge in [0, 0.05) is 42.3 Å². The molecule has 0 atom stereocenters. The second-order valence-electron chi connectivity index (χ2n) is 5.83. The van der Waals surface area contributed by atoms with Gasteiger partial charge in [0.2, 0.25) is 0 Å². The molecule has 0 spiro atoms. The van der Waals surface area contributed by atoms with Crippen LogP contribution in [0.1, 0.15) is 11.4 Å². The van der Waals surface area contributed by atoms with Crippen LogP contribution < -0.4 is 16.0 Å². The molecule has 0 aliphatic heterocycles. The van der Waals surface area contributed by atoms with E-state index in [0.29, 0.717) is 29.6 Å². The number of rotatable bonds is 6. The molecule has 0 saturated carbocycles. The van der Waals surface area contributed by atoms with Crippen LogP contribution in [-0.2, 0) is 0 Å². The molecule has 27 heavy (non-hydrogen) atoms. The zero-order valence-corrected chi connectivity index (χ0v) is 15.8. The van der Waals surface area contributed by atoms with Gasteiger partial charge in [0.05, 0.1) is 0 Å². The van der Waals surface area contributed by atoms with Gasteiger partial charge in [0.25, 0.3) is 0 Å². The average Bonchev–Trinajstić information content (AvgIpc) is 3.09. The summed E-state index contributed by atoms with van der Waals surface area (Å²) in [6, 6.07) is 6.91. The number of aromatic nitrogens is 4. The van der Waals surface area contributed by atoms with Crippen molar-refractivity contribution >= 4 is 29.1 Å². The molecule has 0 aliphatic rings. The summed E-state index contributed by atoms with van der Waals surface area (Å²) in [5.41, 5.74) is 1.51. The zero-order chi connectivity index (χ0) is 19.2. The molecule has 0 fully saturated rings. The molecule has 2 aromatic heterocycles. The molecular weight excluding hydrogens is 366 g/mol. The van der Waals surface area contributed by atoms with Gasteiger partial charge in [-0.1, -0.05) is 17.7 Å². The second-order valence-corrected chi connectivity index (χ2v) is 6.23. The van der Waals surface area contributed by atoms with Crippen LogP contribution in [-0.4, -0.2) is 38.6 Å². The van der Waals surface area contributed by atoms with Crippen molar-refractivity contribution in [3.8, 4) is 5.82 Å². The summed E-state index contributed by atoms with van der Waals surface area (Å²) >= 11 is 6.05. The van der Waals surface area contributed by atoms with E-state index in [-0.39, 0.29) is 6.03 Å². The molecule has 3 rings (SSSR count). The number of carbonyl (C=O) groups excluding carboxylic acids is 1. The number of benzene rings is 1. The molecule has 140 valence electrons. The predicted molar refractivity (Wildman–Crippen MR) is 106 cm³/mol. The number of hydrogen-bond acceptors (Lipinski definition) is 5. The number of urea groups is 1. The van der Waals surface area contributed by atoms with Gasteiger partial charge in [-0.25, -0.2) is 19.7 Å². The number of imidazole rings is 1. The first-order chi connectivity index (χ1) is 13.0. The van der Waals surface area contributed by atoms with Crippen molar-refractivity contribution in [1.29, 1.82) is 0 Å². The van der Waals surface area contributed by atoms with Gasteiger partial charge in [0.15, 0.2) is 0 Å². The summed E-state index contributed by atoms with van der Waals surface area (Å²) in [6.45, 7) is 4.70. The van der Waals surface area contributed by atoms with Crippen molar-refractivity contribution in [2.24, 2.45) is 0 Å². The molecule has 3 aromatic rings. The smallest absolute Gasteiger partial charge is 0.319 e. The van der Waals surface area contributed by atoms with Gasteiger partial charge in [-0.2, -0.15) is 0 Å². The Morgan fingerprint density at radius 3 is 2.81 bits per heavy atom. The summed E-state index contributed by atoms with van der Waals surface area (Å²) in [5.74, 6) is 2.24. The molecule has 0 radical (unpaired) electrons. The molecule has 0 aliphatic carbocycles. The van der Waals surface area contributed by atoms with Gasteiger partial charge in [-0.05, 0) is 31.5 Å². The Bertz CT molecular complexity index is 941. The molecule has 1 aromatic carbocycles. The highest BCUT2D eigenvalue weighted by Crippen LogP contribution is 2.22. The van der Waals surface area contributed by atoms with E-state index in [0.717, 1.165) is 17.2 Å². The monoisotopic (exact) mass is 385 g/mol. The lowest BCUT2D eigenvalue weighted by Gasteiger charge is -2.11. The molecule has 3 N–H and O–H groups in total. The van der Waals surface area contributed by atoms with Crippen LogP contribution in [0.25, 0.3) is 5.82 Å². The number of carbonyl (C=O) groups is 1. The van der Waals surface area contributed by atoms with Crippen LogP contribution in [0, 0.1) is 13.8 Å². The summed E-state index contributed by atoms with van der Waals surface area (Å²) in [6.07, 6.45) is 5.04. The van der Waals surface area contributed by atoms with Crippen LogP contribution in [0.4, 0.5) is 16.3 Å². The fourth-order valence-electron chi connectivity index (χ4n) is 2.47. The van der Waals surface area contributed by atoms with Crippen molar-refractivity contribution in [2.75, 3.05) is 23.7 Å². The number of amides is 2.